The number of aromatic nitrogens is 4. The molecule has 3 rings (SSSR count). The summed E-state index contributed by atoms with van der Waals surface area (Å²) in [6.45, 7) is 0. The Morgan fingerprint density at radius 3 is 2.59 bits per heavy atom. The highest BCUT2D eigenvalue weighted by atomic mass is 79.9. The predicted octanol–water partition coefficient (Wildman–Crippen LogP) is 3.23. The SMILES string of the molecule is Clc1ncnc2c1ncn2-c1ccc(Br)cc1. The standard InChI is InChI=1S/C11H6BrClN4/c12-7-1-3-8(4-2-7)17-6-16-9-10(13)14-5-15-11(9)17/h1-6H. The van der Waals surface area contributed by atoms with Crippen molar-refractivity contribution in [3.63, 3.8) is 0 Å². The number of rotatable bonds is 1. The number of benzene rings is 1. The van der Waals surface area contributed by atoms with Gasteiger partial charge < -0.3 is 0 Å². The van der Waals surface area contributed by atoms with Crippen molar-refractivity contribution in [2.24, 2.45) is 0 Å². The third kappa shape index (κ3) is 1.81. The van der Waals surface area contributed by atoms with Crippen LogP contribution in [0.25, 0.3) is 16.9 Å². The summed E-state index contributed by atoms with van der Waals surface area (Å²) >= 11 is 9.35. The molecule has 17 heavy (non-hydrogen) atoms. The maximum absolute atomic E-state index is 5.95. The second-order valence-electron chi connectivity index (χ2n) is 3.43. The Hall–Kier alpha value is -1.46. The number of halogens is 2. The van der Waals surface area contributed by atoms with Gasteiger partial charge in [0.2, 0.25) is 0 Å². The molecule has 6 heteroatoms. The highest BCUT2D eigenvalue weighted by molar-refractivity contribution is 9.10. The molecule has 0 atom stereocenters. The normalized spacial score (nSPS) is 10.9. The molecule has 0 saturated carbocycles. The van der Waals surface area contributed by atoms with Gasteiger partial charge in [-0.2, -0.15) is 0 Å². The number of fused-ring (bicyclic) bond motifs is 1. The quantitative estimate of drug-likeness (QED) is 0.648. The molecule has 0 aliphatic heterocycles. The molecule has 0 bridgehead atoms. The van der Waals surface area contributed by atoms with E-state index in [0.29, 0.717) is 16.3 Å². The highest BCUT2D eigenvalue weighted by Gasteiger charge is 2.09. The first-order valence-electron chi connectivity index (χ1n) is 4.85. The summed E-state index contributed by atoms with van der Waals surface area (Å²) in [5.74, 6) is 0. The summed E-state index contributed by atoms with van der Waals surface area (Å²) in [7, 11) is 0. The minimum Gasteiger partial charge on any atom is -0.283 e. The number of imidazole rings is 1. The lowest BCUT2D eigenvalue weighted by atomic mass is 10.3. The Bertz CT molecular complexity index is 678. The molecule has 0 amide bonds. The lowest BCUT2D eigenvalue weighted by Crippen LogP contribution is -1.93. The molecule has 2 aromatic heterocycles. The molecule has 84 valence electrons. The molecule has 0 saturated heterocycles. The van der Waals surface area contributed by atoms with E-state index < -0.39 is 0 Å². The zero-order valence-electron chi connectivity index (χ0n) is 8.51. The van der Waals surface area contributed by atoms with E-state index in [1.807, 2.05) is 28.8 Å². The van der Waals surface area contributed by atoms with E-state index in [0.717, 1.165) is 10.2 Å². The van der Waals surface area contributed by atoms with Crippen molar-refractivity contribution in [3.8, 4) is 5.69 Å². The molecule has 0 aliphatic rings. The van der Waals surface area contributed by atoms with Crippen molar-refractivity contribution in [2.45, 2.75) is 0 Å². The third-order valence-electron chi connectivity index (χ3n) is 2.39. The highest BCUT2D eigenvalue weighted by Crippen LogP contribution is 2.21. The van der Waals surface area contributed by atoms with Gasteiger partial charge in [0.25, 0.3) is 0 Å². The predicted molar refractivity (Wildman–Crippen MR) is 69.4 cm³/mol. The summed E-state index contributed by atoms with van der Waals surface area (Å²) in [6.07, 6.45) is 3.12. The number of nitrogens with zero attached hydrogens (tertiary/aromatic N) is 4. The van der Waals surface area contributed by atoms with Crippen LogP contribution in [0.1, 0.15) is 0 Å². The average molecular weight is 310 g/mol. The molecule has 0 fully saturated rings. The van der Waals surface area contributed by atoms with Crippen LogP contribution in [0.15, 0.2) is 41.4 Å². The fraction of sp³-hybridized carbons (Fsp3) is 0. The monoisotopic (exact) mass is 308 g/mol. The van der Waals surface area contributed by atoms with Crippen LogP contribution in [0, 0.1) is 0 Å². The molecule has 3 aromatic rings. The van der Waals surface area contributed by atoms with Crippen molar-refractivity contribution in [3.05, 3.63) is 46.5 Å². The van der Waals surface area contributed by atoms with Gasteiger partial charge in [0.1, 0.15) is 18.2 Å². The Labute approximate surface area is 110 Å². The fourth-order valence-corrected chi connectivity index (χ4v) is 2.04. The van der Waals surface area contributed by atoms with E-state index in [4.69, 9.17) is 11.6 Å². The van der Waals surface area contributed by atoms with E-state index in [-0.39, 0.29) is 0 Å². The molecule has 0 radical (unpaired) electrons. The smallest absolute Gasteiger partial charge is 0.169 e. The first-order chi connectivity index (χ1) is 8.25. The minimum absolute atomic E-state index is 0.367. The number of hydrogen-bond acceptors (Lipinski definition) is 3. The van der Waals surface area contributed by atoms with E-state index in [1.54, 1.807) is 6.33 Å². The second-order valence-corrected chi connectivity index (χ2v) is 4.70. The van der Waals surface area contributed by atoms with Gasteiger partial charge >= 0.3 is 0 Å². The van der Waals surface area contributed by atoms with Gasteiger partial charge in [0.05, 0.1) is 0 Å². The van der Waals surface area contributed by atoms with Gasteiger partial charge in [-0.3, -0.25) is 4.57 Å². The zero-order valence-corrected chi connectivity index (χ0v) is 10.9. The van der Waals surface area contributed by atoms with Gasteiger partial charge in [0.15, 0.2) is 10.8 Å². The topological polar surface area (TPSA) is 43.6 Å². The van der Waals surface area contributed by atoms with Crippen molar-refractivity contribution >= 4 is 38.7 Å². The van der Waals surface area contributed by atoms with Crippen LogP contribution in [0.5, 0.6) is 0 Å². The molecule has 2 heterocycles. The average Bonchev–Trinajstić information content (AvgIpc) is 2.75. The van der Waals surface area contributed by atoms with Crippen LogP contribution in [-0.4, -0.2) is 19.5 Å². The van der Waals surface area contributed by atoms with Crippen LogP contribution in [0.3, 0.4) is 0 Å². The van der Waals surface area contributed by atoms with Gasteiger partial charge in [-0.05, 0) is 24.3 Å². The van der Waals surface area contributed by atoms with Gasteiger partial charge in [-0.1, -0.05) is 27.5 Å². The largest absolute Gasteiger partial charge is 0.283 e. The maximum atomic E-state index is 5.95. The van der Waals surface area contributed by atoms with Crippen LogP contribution < -0.4 is 0 Å². The maximum Gasteiger partial charge on any atom is 0.169 e. The van der Waals surface area contributed by atoms with Crippen LogP contribution in [0.4, 0.5) is 0 Å². The Morgan fingerprint density at radius 2 is 1.82 bits per heavy atom. The second kappa shape index (κ2) is 4.09. The van der Waals surface area contributed by atoms with Gasteiger partial charge in [0, 0.05) is 10.2 Å². The van der Waals surface area contributed by atoms with Crippen molar-refractivity contribution < 1.29 is 0 Å². The van der Waals surface area contributed by atoms with Crippen molar-refractivity contribution in [2.75, 3.05) is 0 Å². The molecule has 0 aliphatic carbocycles. The minimum atomic E-state index is 0.367. The lowest BCUT2D eigenvalue weighted by molar-refractivity contribution is 1.06. The Morgan fingerprint density at radius 1 is 1.06 bits per heavy atom. The van der Waals surface area contributed by atoms with E-state index in [1.165, 1.54) is 6.33 Å². The summed E-state index contributed by atoms with van der Waals surface area (Å²) < 4.78 is 2.90. The first-order valence-corrected chi connectivity index (χ1v) is 6.02. The summed E-state index contributed by atoms with van der Waals surface area (Å²) in [5, 5.41) is 0.367. The molecule has 0 N–H and O–H groups in total. The van der Waals surface area contributed by atoms with E-state index in [9.17, 15) is 0 Å². The molecule has 4 nitrogen and oxygen atoms in total. The molecular formula is C11H6BrClN4. The third-order valence-corrected chi connectivity index (χ3v) is 3.20. The first kappa shape index (κ1) is 10.7. The molecule has 0 unspecified atom stereocenters. The van der Waals surface area contributed by atoms with Gasteiger partial charge in [-0.25, -0.2) is 15.0 Å². The van der Waals surface area contributed by atoms with Crippen LogP contribution in [-0.2, 0) is 0 Å². The molecule has 0 spiro atoms. The molecule has 1 aromatic carbocycles. The Kier molecular flexibility index (Phi) is 2.57. The number of hydrogen-bond donors (Lipinski definition) is 0. The fourth-order valence-electron chi connectivity index (χ4n) is 1.60. The summed E-state index contributed by atoms with van der Waals surface area (Å²) in [4.78, 5) is 12.3. The molecular weight excluding hydrogens is 304 g/mol. The summed E-state index contributed by atoms with van der Waals surface area (Å²) in [6, 6.07) is 7.87. The van der Waals surface area contributed by atoms with E-state index >= 15 is 0 Å². The van der Waals surface area contributed by atoms with Crippen molar-refractivity contribution in [1.29, 1.82) is 0 Å². The van der Waals surface area contributed by atoms with Crippen LogP contribution >= 0.6 is 27.5 Å². The van der Waals surface area contributed by atoms with E-state index in [2.05, 4.69) is 30.9 Å². The lowest BCUT2D eigenvalue weighted by Gasteiger charge is -2.03. The zero-order chi connectivity index (χ0) is 11.8. The van der Waals surface area contributed by atoms with Crippen LogP contribution in [0.2, 0.25) is 5.15 Å². The van der Waals surface area contributed by atoms with Crippen molar-refractivity contribution in [1.82, 2.24) is 19.5 Å². The van der Waals surface area contributed by atoms with Gasteiger partial charge in [-0.15, -0.1) is 0 Å². The Balaban J connectivity index is 2.24. The summed E-state index contributed by atoms with van der Waals surface area (Å²) in [5.41, 5.74) is 2.29.